The quantitative estimate of drug-likeness (QED) is 0.0980. The van der Waals surface area contributed by atoms with E-state index in [4.69, 9.17) is 14.3 Å². The molecule has 248 valence electrons. The Labute approximate surface area is 261 Å². The highest BCUT2D eigenvalue weighted by Crippen LogP contribution is 2.33. The van der Waals surface area contributed by atoms with Crippen LogP contribution in [0.5, 0.6) is 0 Å². The summed E-state index contributed by atoms with van der Waals surface area (Å²) in [4.78, 5) is 28.3. The van der Waals surface area contributed by atoms with Crippen LogP contribution in [-0.4, -0.2) is 65.7 Å². The highest BCUT2D eigenvalue weighted by molar-refractivity contribution is 7.90. The zero-order valence-electron chi connectivity index (χ0n) is 24.9. The number of rotatable bonds is 11. The van der Waals surface area contributed by atoms with Crippen LogP contribution in [0.2, 0.25) is 0 Å². The second-order valence-corrected chi connectivity index (χ2v) is 11.9. The fourth-order valence-electron chi connectivity index (χ4n) is 4.44. The maximum Gasteiger partial charge on any atom is 0.435 e. The Hall–Kier alpha value is -4.87. The topological polar surface area (TPSA) is 167 Å². The van der Waals surface area contributed by atoms with Crippen LogP contribution >= 0.6 is 0 Å². The molecule has 1 aromatic heterocycles. The first-order chi connectivity index (χ1) is 21.7. The number of hydrogen-bond donors (Lipinski definition) is 1. The van der Waals surface area contributed by atoms with Gasteiger partial charge in [0, 0.05) is 18.9 Å². The molecule has 1 saturated heterocycles. The predicted octanol–water partition coefficient (Wildman–Crippen LogP) is 4.85. The van der Waals surface area contributed by atoms with Crippen LogP contribution in [0.15, 0.2) is 64.8 Å². The zero-order chi connectivity index (χ0) is 33.6. The molecule has 2 atom stereocenters. The Bertz CT molecular complexity index is 1680. The highest BCUT2D eigenvalue weighted by Gasteiger charge is 2.36. The van der Waals surface area contributed by atoms with E-state index in [0.717, 1.165) is 28.4 Å². The Morgan fingerprint density at radius 1 is 1.17 bits per heavy atom. The number of hydrazine groups is 1. The smallest absolute Gasteiger partial charge is 0.435 e. The van der Waals surface area contributed by atoms with Crippen LogP contribution in [0.3, 0.4) is 0 Å². The van der Waals surface area contributed by atoms with E-state index in [2.05, 4.69) is 10.4 Å². The van der Waals surface area contributed by atoms with E-state index in [-0.39, 0.29) is 40.8 Å². The first-order valence-electron chi connectivity index (χ1n) is 14.0. The molecule has 18 heteroatoms. The molecule has 1 fully saturated rings. The number of sulfonamides is 1. The average Bonchev–Trinajstić information content (AvgIpc) is 3.67. The van der Waals surface area contributed by atoms with Crippen molar-refractivity contribution >= 4 is 22.1 Å². The molecule has 0 spiro atoms. The molecule has 0 radical (unpaired) electrons. The molecule has 0 bridgehead atoms. The lowest BCUT2D eigenvalue weighted by atomic mass is 10.1. The molecule has 4 rings (SSSR count). The first-order valence-corrected chi connectivity index (χ1v) is 15.5. The number of esters is 1. The summed E-state index contributed by atoms with van der Waals surface area (Å²) in [7, 11) is -4.45. The number of hydrogen-bond acceptors (Lipinski definition) is 10. The molecule has 1 unspecified atom stereocenters. The van der Waals surface area contributed by atoms with E-state index in [0.29, 0.717) is 18.4 Å². The Morgan fingerprint density at radius 2 is 1.85 bits per heavy atom. The molecule has 0 saturated carbocycles. The van der Waals surface area contributed by atoms with E-state index in [1.54, 1.807) is 35.9 Å². The zero-order valence-corrected chi connectivity index (χ0v) is 25.7. The van der Waals surface area contributed by atoms with E-state index in [1.807, 2.05) is 6.92 Å². The number of amides is 1. The minimum atomic E-state index is -4.72. The average molecular weight is 669 g/mol. The van der Waals surface area contributed by atoms with Crippen LogP contribution in [0.4, 0.5) is 18.0 Å². The minimum Gasteiger partial charge on any atom is -0.569 e. The molecule has 0 aliphatic carbocycles. The number of aromatic nitrogens is 2. The Balaban J connectivity index is 1.40. The summed E-state index contributed by atoms with van der Waals surface area (Å²) in [5.74, 6) is -0.547. The van der Waals surface area contributed by atoms with Crippen LogP contribution in [0.25, 0.3) is 16.9 Å². The highest BCUT2D eigenvalue weighted by atomic mass is 32.2. The van der Waals surface area contributed by atoms with Gasteiger partial charge in [0.1, 0.15) is 12.6 Å². The number of carbonyl (C=O) groups is 2. The lowest BCUT2D eigenvalue weighted by molar-refractivity contribution is -0.716. The van der Waals surface area contributed by atoms with Gasteiger partial charge >= 0.3 is 18.2 Å². The van der Waals surface area contributed by atoms with Crippen LogP contribution < -0.4 is 4.72 Å². The molecule has 2 heterocycles. The molecule has 14 nitrogen and oxygen atoms in total. The van der Waals surface area contributed by atoms with E-state index < -0.39 is 46.3 Å². The fraction of sp³-hybridized carbons (Fsp3) is 0.393. The van der Waals surface area contributed by atoms with Gasteiger partial charge in [-0.1, -0.05) is 36.8 Å². The summed E-state index contributed by atoms with van der Waals surface area (Å²) in [5.41, 5.74) is 0.518. The summed E-state index contributed by atoms with van der Waals surface area (Å²) in [5, 5.41) is 20.6. The van der Waals surface area contributed by atoms with Gasteiger partial charge in [-0.3, -0.25) is 9.63 Å². The number of aryl methyl sites for hydroxylation is 1. The number of nitrogens with zero attached hydrogens (tertiary/aromatic N) is 5. The molecule has 46 heavy (non-hydrogen) atoms. The monoisotopic (exact) mass is 668 g/mol. The molecule has 1 N–H and O–H groups in total. The summed E-state index contributed by atoms with van der Waals surface area (Å²) in [6.07, 6.45) is -6.07. The third-order valence-electron chi connectivity index (χ3n) is 6.78. The van der Waals surface area contributed by atoms with Crippen LogP contribution in [0.1, 0.15) is 44.4 Å². The lowest BCUT2D eigenvalue weighted by Gasteiger charge is -2.20. The first kappa shape index (κ1) is 34.0. The van der Waals surface area contributed by atoms with Crippen molar-refractivity contribution < 1.29 is 50.5 Å². The summed E-state index contributed by atoms with van der Waals surface area (Å²) < 4.78 is 78.9. The van der Waals surface area contributed by atoms with Gasteiger partial charge in [0.2, 0.25) is 5.28 Å². The van der Waals surface area contributed by atoms with Crippen molar-refractivity contribution in [3.63, 3.8) is 0 Å². The van der Waals surface area contributed by atoms with Crippen molar-refractivity contribution in [2.24, 2.45) is 5.28 Å². The summed E-state index contributed by atoms with van der Waals surface area (Å²) in [6.45, 7) is 4.67. The molecular formula is C28H31F3N6O8S. The minimum absolute atomic E-state index is 0.107. The molecule has 1 aliphatic heterocycles. The number of ether oxygens (including phenoxy) is 2. The third kappa shape index (κ3) is 8.43. The number of alkyl halides is 3. The van der Waals surface area contributed by atoms with Gasteiger partial charge in [0.05, 0.1) is 27.8 Å². The van der Waals surface area contributed by atoms with Crippen molar-refractivity contribution in [1.29, 1.82) is 0 Å². The Kier molecular flexibility index (Phi) is 10.4. The third-order valence-corrected chi connectivity index (χ3v) is 8.11. The number of nitrogens with one attached hydrogen (secondary N) is 1. The number of halogens is 3. The predicted molar refractivity (Wildman–Crippen MR) is 153 cm³/mol. The summed E-state index contributed by atoms with van der Waals surface area (Å²) >= 11 is 0. The van der Waals surface area contributed by atoms with E-state index in [1.165, 1.54) is 24.1 Å². The van der Waals surface area contributed by atoms with Crippen LogP contribution in [0, 0.1) is 12.1 Å². The van der Waals surface area contributed by atoms with Gasteiger partial charge in [-0.2, -0.15) is 18.3 Å². The maximum absolute atomic E-state index is 13.5. The molecule has 3 aromatic rings. The van der Waals surface area contributed by atoms with Crippen molar-refractivity contribution in [1.82, 2.24) is 19.5 Å². The second-order valence-electron chi connectivity index (χ2n) is 10.2. The second kappa shape index (κ2) is 14.1. The molecule has 2 aromatic carbocycles. The fourth-order valence-corrected chi connectivity index (χ4v) is 5.33. The number of benzene rings is 2. The van der Waals surface area contributed by atoms with Crippen molar-refractivity contribution in [3.8, 4) is 16.9 Å². The molecule has 1 amide bonds. The van der Waals surface area contributed by atoms with E-state index in [9.17, 15) is 36.4 Å². The van der Waals surface area contributed by atoms with Crippen molar-refractivity contribution in [2.45, 2.75) is 63.4 Å². The number of carbonyl (C=O) groups excluding carboxylic acids is 2. The van der Waals surface area contributed by atoms with Gasteiger partial charge < -0.3 is 14.7 Å². The SMILES string of the molecule is CCC(=O)OC(C)O/N=[N+](/[O-])N1CCC[C@H]1COC(=O)NS(=O)(=O)c1ccc(-n2nc(C(F)(F)F)cc2-c2ccc(C)cc2)cc1. The molecular weight excluding hydrogens is 637 g/mol. The van der Waals surface area contributed by atoms with Gasteiger partial charge in [-0.15, -0.1) is 5.01 Å². The van der Waals surface area contributed by atoms with Gasteiger partial charge in [-0.25, -0.2) is 22.6 Å². The standard InChI is InChI=1S/C28H31F3N6O8S/c1-4-26(38)44-19(3)45-34-37(40)35-15-5-6-22(35)17-43-27(39)33-46(41,42)23-13-11-21(12-14-23)36-24(16-25(32-36)28(29,30)31)20-9-7-18(2)8-10-20/h7-14,16,19,22H,4-6,15,17H2,1-3H3,(H,33,39)/b37-34+/t19?,22-/m0/s1. The summed E-state index contributed by atoms with van der Waals surface area (Å²) in [6, 6.07) is 11.7. The maximum atomic E-state index is 13.5. The largest absolute Gasteiger partial charge is 0.569 e. The van der Waals surface area contributed by atoms with E-state index >= 15 is 0 Å². The van der Waals surface area contributed by atoms with Crippen LogP contribution in [-0.2, 0) is 35.3 Å². The molecule has 1 aliphatic rings. The van der Waals surface area contributed by atoms with Gasteiger partial charge in [0.25, 0.3) is 16.3 Å². The van der Waals surface area contributed by atoms with Crippen molar-refractivity contribution in [3.05, 3.63) is 71.1 Å². The normalized spacial score (nSPS) is 16.2. The van der Waals surface area contributed by atoms with Crippen molar-refractivity contribution in [2.75, 3.05) is 13.2 Å². The van der Waals surface area contributed by atoms with Gasteiger partial charge in [0.15, 0.2) is 5.69 Å². The lowest BCUT2D eigenvalue weighted by Crippen LogP contribution is -2.40. The van der Waals surface area contributed by atoms with Gasteiger partial charge in [-0.05, 0) is 50.1 Å². The Morgan fingerprint density at radius 3 is 2.48 bits per heavy atom.